The number of amides is 1. The van der Waals surface area contributed by atoms with Gasteiger partial charge in [0.25, 0.3) is 5.91 Å². The first-order valence-electron chi connectivity index (χ1n) is 9.18. The summed E-state index contributed by atoms with van der Waals surface area (Å²) in [5.41, 5.74) is 1.52. The van der Waals surface area contributed by atoms with Crippen LogP contribution in [0.2, 0.25) is 0 Å². The minimum Gasteiger partial charge on any atom is -0.495 e. The molecule has 1 N–H and O–H groups in total. The Labute approximate surface area is 171 Å². The smallest absolute Gasteiger partial charge is 0.310 e. The van der Waals surface area contributed by atoms with E-state index >= 15 is 0 Å². The minimum absolute atomic E-state index is 0.0184. The van der Waals surface area contributed by atoms with Crippen molar-refractivity contribution in [1.29, 1.82) is 0 Å². The van der Waals surface area contributed by atoms with Crippen LogP contribution in [0.15, 0.2) is 65.1 Å². The number of nitrogens with one attached hydrogen (secondary N) is 1. The van der Waals surface area contributed by atoms with Gasteiger partial charge in [0.1, 0.15) is 16.9 Å². The van der Waals surface area contributed by atoms with Gasteiger partial charge in [-0.1, -0.05) is 30.3 Å². The SMILES string of the molecule is COc1cc2c(cc1NC(=O)[C@@H](C)Oc1ccccc1[N+](=O)[O-])oc1ccccc12. The summed E-state index contributed by atoms with van der Waals surface area (Å²) in [5.74, 6) is -0.00735. The number of nitro groups is 1. The summed E-state index contributed by atoms with van der Waals surface area (Å²) in [7, 11) is 1.51. The average Bonchev–Trinajstić information content (AvgIpc) is 3.10. The largest absolute Gasteiger partial charge is 0.495 e. The molecule has 1 amide bonds. The maximum atomic E-state index is 12.7. The van der Waals surface area contributed by atoms with Crippen molar-refractivity contribution >= 4 is 39.2 Å². The van der Waals surface area contributed by atoms with E-state index in [4.69, 9.17) is 13.9 Å². The molecular weight excluding hydrogens is 388 g/mol. The van der Waals surface area contributed by atoms with E-state index in [2.05, 4.69) is 5.32 Å². The van der Waals surface area contributed by atoms with Gasteiger partial charge in [0.05, 0.1) is 17.7 Å². The number of hydrogen-bond acceptors (Lipinski definition) is 6. The van der Waals surface area contributed by atoms with Gasteiger partial charge in [-0.3, -0.25) is 14.9 Å². The van der Waals surface area contributed by atoms with Crippen molar-refractivity contribution in [2.45, 2.75) is 13.0 Å². The average molecular weight is 406 g/mol. The second-order valence-electron chi connectivity index (χ2n) is 6.62. The summed E-state index contributed by atoms with van der Waals surface area (Å²) in [6.45, 7) is 1.51. The quantitative estimate of drug-likeness (QED) is 0.360. The number of nitro benzene ring substituents is 1. The van der Waals surface area contributed by atoms with Crippen molar-refractivity contribution in [3.63, 3.8) is 0 Å². The zero-order valence-electron chi connectivity index (χ0n) is 16.2. The highest BCUT2D eigenvalue weighted by Gasteiger charge is 2.22. The lowest BCUT2D eigenvalue weighted by atomic mass is 10.1. The number of para-hydroxylation sites is 3. The fourth-order valence-electron chi connectivity index (χ4n) is 3.20. The predicted octanol–water partition coefficient (Wildman–Crippen LogP) is 4.91. The van der Waals surface area contributed by atoms with Crippen molar-refractivity contribution in [3.8, 4) is 11.5 Å². The van der Waals surface area contributed by atoms with Crippen LogP contribution in [0.1, 0.15) is 6.92 Å². The number of anilines is 1. The lowest BCUT2D eigenvalue weighted by Crippen LogP contribution is -2.30. The highest BCUT2D eigenvalue weighted by molar-refractivity contribution is 6.08. The van der Waals surface area contributed by atoms with Crippen LogP contribution in [0.4, 0.5) is 11.4 Å². The van der Waals surface area contributed by atoms with Gasteiger partial charge in [-0.2, -0.15) is 0 Å². The molecule has 0 saturated heterocycles. The van der Waals surface area contributed by atoms with Gasteiger partial charge >= 0.3 is 5.69 Å². The Morgan fingerprint density at radius 3 is 2.53 bits per heavy atom. The standard InChI is InChI=1S/C22H18N2O6/c1-13(29-19-10-6-4-8-17(19)24(26)27)22(25)23-16-12-20-15(11-21(16)28-2)14-7-3-5-9-18(14)30-20/h3-13H,1-2H3,(H,23,25)/t13-/m1/s1. The van der Waals surface area contributed by atoms with Crippen molar-refractivity contribution in [1.82, 2.24) is 0 Å². The first-order chi connectivity index (χ1) is 14.5. The lowest BCUT2D eigenvalue weighted by molar-refractivity contribution is -0.386. The van der Waals surface area contributed by atoms with Crippen LogP contribution in [-0.4, -0.2) is 24.0 Å². The van der Waals surface area contributed by atoms with Crippen molar-refractivity contribution in [2.75, 3.05) is 12.4 Å². The van der Waals surface area contributed by atoms with Crippen LogP contribution in [0, 0.1) is 10.1 Å². The van der Waals surface area contributed by atoms with E-state index in [1.54, 1.807) is 18.2 Å². The molecule has 0 fully saturated rings. The maximum Gasteiger partial charge on any atom is 0.310 e. The van der Waals surface area contributed by atoms with Gasteiger partial charge in [0.2, 0.25) is 0 Å². The molecule has 0 aliphatic carbocycles. The van der Waals surface area contributed by atoms with Crippen LogP contribution in [-0.2, 0) is 4.79 Å². The van der Waals surface area contributed by atoms with E-state index < -0.39 is 16.9 Å². The van der Waals surface area contributed by atoms with Gasteiger partial charge in [0.15, 0.2) is 11.9 Å². The second-order valence-corrected chi connectivity index (χ2v) is 6.62. The molecule has 4 rings (SSSR count). The first-order valence-corrected chi connectivity index (χ1v) is 9.18. The van der Waals surface area contributed by atoms with Gasteiger partial charge in [-0.15, -0.1) is 0 Å². The molecule has 1 heterocycles. The van der Waals surface area contributed by atoms with E-state index in [9.17, 15) is 14.9 Å². The summed E-state index contributed by atoms with van der Waals surface area (Å²) in [5, 5.41) is 15.7. The Bertz CT molecular complexity index is 1260. The molecule has 4 aromatic rings. The number of rotatable bonds is 6. The number of furan rings is 1. The van der Waals surface area contributed by atoms with Gasteiger partial charge < -0.3 is 19.2 Å². The molecule has 8 heteroatoms. The van der Waals surface area contributed by atoms with E-state index in [1.807, 2.05) is 24.3 Å². The van der Waals surface area contributed by atoms with Crippen LogP contribution >= 0.6 is 0 Å². The zero-order valence-corrected chi connectivity index (χ0v) is 16.2. The Morgan fingerprint density at radius 2 is 1.77 bits per heavy atom. The summed E-state index contributed by atoms with van der Waals surface area (Å²) in [4.78, 5) is 23.3. The summed E-state index contributed by atoms with van der Waals surface area (Å²) >= 11 is 0. The molecule has 3 aromatic carbocycles. The molecule has 0 radical (unpaired) electrons. The Hall–Kier alpha value is -4.07. The third-order valence-electron chi connectivity index (χ3n) is 4.69. The predicted molar refractivity (Wildman–Crippen MR) is 112 cm³/mol. The third kappa shape index (κ3) is 3.50. The monoisotopic (exact) mass is 406 g/mol. The third-order valence-corrected chi connectivity index (χ3v) is 4.69. The lowest BCUT2D eigenvalue weighted by Gasteiger charge is -2.16. The fourth-order valence-corrected chi connectivity index (χ4v) is 3.20. The number of fused-ring (bicyclic) bond motifs is 3. The van der Waals surface area contributed by atoms with Crippen molar-refractivity contribution < 1.29 is 23.6 Å². The number of hydrogen-bond donors (Lipinski definition) is 1. The number of methoxy groups -OCH3 is 1. The molecule has 152 valence electrons. The topological polar surface area (TPSA) is 104 Å². The summed E-state index contributed by atoms with van der Waals surface area (Å²) in [6.07, 6.45) is -0.984. The molecule has 1 aromatic heterocycles. The molecule has 30 heavy (non-hydrogen) atoms. The molecule has 0 unspecified atom stereocenters. The van der Waals surface area contributed by atoms with Crippen LogP contribution in [0.25, 0.3) is 21.9 Å². The normalized spacial score (nSPS) is 11.9. The summed E-state index contributed by atoms with van der Waals surface area (Å²) < 4.78 is 16.8. The Balaban J connectivity index is 1.61. The van der Waals surface area contributed by atoms with Crippen LogP contribution in [0.3, 0.4) is 0 Å². The van der Waals surface area contributed by atoms with E-state index in [0.717, 1.165) is 16.4 Å². The van der Waals surface area contributed by atoms with E-state index in [1.165, 1.54) is 32.2 Å². The number of carbonyl (C=O) groups excluding carboxylic acids is 1. The summed E-state index contributed by atoms with van der Waals surface area (Å²) in [6, 6.07) is 17.0. The number of nitrogens with zero attached hydrogens (tertiary/aromatic N) is 1. The molecule has 0 saturated carbocycles. The fraction of sp³-hybridized carbons (Fsp3) is 0.136. The minimum atomic E-state index is -0.984. The van der Waals surface area contributed by atoms with Gasteiger partial charge in [0, 0.05) is 22.9 Å². The Morgan fingerprint density at radius 1 is 1.03 bits per heavy atom. The molecular formula is C22H18N2O6. The van der Waals surface area contributed by atoms with Crippen LogP contribution < -0.4 is 14.8 Å². The molecule has 0 aliphatic rings. The molecule has 0 bridgehead atoms. The zero-order chi connectivity index (χ0) is 21.3. The van der Waals surface area contributed by atoms with Gasteiger partial charge in [-0.25, -0.2) is 0 Å². The van der Waals surface area contributed by atoms with Crippen LogP contribution in [0.5, 0.6) is 11.5 Å². The second kappa shape index (κ2) is 7.75. The first kappa shape index (κ1) is 19.3. The van der Waals surface area contributed by atoms with Crippen molar-refractivity contribution in [2.24, 2.45) is 0 Å². The molecule has 0 aliphatic heterocycles. The van der Waals surface area contributed by atoms with E-state index in [-0.39, 0.29) is 11.4 Å². The number of carbonyl (C=O) groups is 1. The number of ether oxygens (including phenoxy) is 2. The molecule has 1 atom stereocenters. The van der Waals surface area contributed by atoms with Crippen molar-refractivity contribution in [3.05, 3.63) is 70.8 Å². The van der Waals surface area contributed by atoms with Gasteiger partial charge in [-0.05, 0) is 25.1 Å². The molecule has 8 nitrogen and oxygen atoms in total. The highest BCUT2D eigenvalue weighted by Crippen LogP contribution is 2.36. The highest BCUT2D eigenvalue weighted by atomic mass is 16.6. The maximum absolute atomic E-state index is 12.7. The number of benzene rings is 3. The Kier molecular flexibility index (Phi) is 4.97. The van der Waals surface area contributed by atoms with E-state index in [0.29, 0.717) is 17.0 Å². The molecule has 0 spiro atoms.